The van der Waals surface area contributed by atoms with Crippen LogP contribution in [0.3, 0.4) is 0 Å². The molecule has 0 fully saturated rings. The van der Waals surface area contributed by atoms with Gasteiger partial charge in [0.05, 0.1) is 5.92 Å². The van der Waals surface area contributed by atoms with Gasteiger partial charge in [0.25, 0.3) is 6.54 Å². The predicted molar refractivity (Wildman–Crippen MR) is 78.5 cm³/mol. The van der Waals surface area contributed by atoms with Crippen molar-refractivity contribution in [2.24, 2.45) is 0 Å². The summed E-state index contributed by atoms with van der Waals surface area (Å²) in [5, 5.41) is 10.7. The van der Waals surface area contributed by atoms with E-state index >= 15 is 0 Å². The third kappa shape index (κ3) is 6.94. The summed E-state index contributed by atoms with van der Waals surface area (Å²) in [6.45, 7) is 3.44. The van der Waals surface area contributed by atoms with E-state index in [-0.39, 0.29) is 10.8 Å². The number of nitro groups is 1. The highest BCUT2D eigenvalue weighted by molar-refractivity contribution is 5.20. The molecule has 0 aliphatic heterocycles. The third-order valence-corrected chi connectivity index (χ3v) is 3.40. The summed E-state index contributed by atoms with van der Waals surface area (Å²) in [6, 6.07) is 9.77. The van der Waals surface area contributed by atoms with Crippen LogP contribution in [-0.4, -0.2) is 4.92 Å². The molecule has 0 spiro atoms. The molecule has 0 amide bonds. The fourth-order valence-corrected chi connectivity index (χ4v) is 2.32. The van der Waals surface area contributed by atoms with E-state index in [0.29, 0.717) is 0 Å². The lowest BCUT2D eigenvalue weighted by Gasteiger charge is -2.12. The summed E-state index contributed by atoms with van der Waals surface area (Å²) < 4.78 is 0. The molecular formula is C16H24NO2. The second-order valence-electron chi connectivity index (χ2n) is 5.01. The van der Waals surface area contributed by atoms with E-state index in [1.807, 2.05) is 30.3 Å². The minimum Gasteiger partial charge on any atom is -0.264 e. The maximum Gasteiger partial charge on any atom is 0.286 e. The van der Waals surface area contributed by atoms with E-state index in [9.17, 15) is 10.1 Å². The molecule has 1 radical (unpaired) electrons. The summed E-state index contributed by atoms with van der Waals surface area (Å²) >= 11 is 0. The Morgan fingerprint density at radius 1 is 1.11 bits per heavy atom. The quantitative estimate of drug-likeness (QED) is 0.340. The zero-order valence-corrected chi connectivity index (χ0v) is 11.8. The topological polar surface area (TPSA) is 43.1 Å². The number of rotatable bonds is 10. The second kappa shape index (κ2) is 9.54. The van der Waals surface area contributed by atoms with Crippen LogP contribution in [0.15, 0.2) is 30.3 Å². The van der Waals surface area contributed by atoms with Crippen molar-refractivity contribution in [3.8, 4) is 0 Å². The second-order valence-corrected chi connectivity index (χ2v) is 5.01. The van der Waals surface area contributed by atoms with E-state index in [1.165, 1.54) is 38.6 Å². The predicted octanol–water partition coefficient (Wildman–Crippen LogP) is 4.96. The average molecular weight is 262 g/mol. The zero-order chi connectivity index (χ0) is 13.9. The van der Waals surface area contributed by atoms with Gasteiger partial charge in [-0.1, -0.05) is 75.8 Å². The molecule has 1 atom stereocenters. The molecule has 0 aliphatic carbocycles. The first-order chi connectivity index (χ1) is 9.24. The summed E-state index contributed by atoms with van der Waals surface area (Å²) in [5.74, 6) is -0.0534. The molecule has 0 N–H and O–H groups in total. The van der Waals surface area contributed by atoms with Crippen LogP contribution in [-0.2, 0) is 0 Å². The molecule has 0 heterocycles. The maximum absolute atomic E-state index is 10.7. The van der Waals surface area contributed by atoms with Gasteiger partial charge >= 0.3 is 0 Å². The number of hydrogen-bond donors (Lipinski definition) is 0. The Balaban J connectivity index is 2.36. The van der Waals surface area contributed by atoms with Crippen molar-refractivity contribution in [3.05, 3.63) is 52.6 Å². The molecule has 1 rings (SSSR count). The van der Waals surface area contributed by atoms with Crippen LogP contribution in [0.25, 0.3) is 0 Å². The van der Waals surface area contributed by atoms with Crippen LogP contribution in [0.5, 0.6) is 0 Å². The van der Waals surface area contributed by atoms with Crippen molar-refractivity contribution >= 4 is 0 Å². The highest BCUT2D eigenvalue weighted by Crippen LogP contribution is 2.25. The Bertz CT molecular complexity index is 351. The molecule has 1 unspecified atom stereocenters. The molecule has 0 saturated heterocycles. The van der Waals surface area contributed by atoms with Gasteiger partial charge < -0.3 is 0 Å². The fourth-order valence-electron chi connectivity index (χ4n) is 2.32. The molecule has 0 aliphatic rings. The molecule has 0 bridgehead atoms. The van der Waals surface area contributed by atoms with Gasteiger partial charge in [0.1, 0.15) is 0 Å². The van der Waals surface area contributed by atoms with E-state index < -0.39 is 0 Å². The highest BCUT2D eigenvalue weighted by atomic mass is 16.6. The molecule has 3 heteroatoms. The van der Waals surface area contributed by atoms with Crippen molar-refractivity contribution in [2.45, 2.75) is 57.8 Å². The summed E-state index contributed by atoms with van der Waals surface area (Å²) in [5.41, 5.74) is 1.05. The van der Waals surface area contributed by atoms with Crippen molar-refractivity contribution in [2.75, 3.05) is 0 Å². The van der Waals surface area contributed by atoms with Crippen molar-refractivity contribution in [3.63, 3.8) is 0 Å². The minimum absolute atomic E-state index is 0.0534. The van der Waals surface area contributed by atoms with Crippen LogP contribution < -0.4 is 0 Å². The van der Waals surface area contributed by atoms with Crippen LogP contribution >= 0.6 is 0 Å². The smallest absolute Gasteiger partial charge is 0.264 e. The lowest BCUT2D eigenvalue weighted by Crippen LogP contribution is -2.06. The average Bonchev–Trinajstić information content (AvgIpc) is 2.42. The molecule has 0 saturated carbocycles. The van der Waals surface area contributed by atoms with Gasteiger partial charge in [0.15, 0.2) is 0 Å². The third-order valence-electron chi connectivity index (χ3n) is 3.40. The van der Waals surface area contributed by atoms with E-state index in [1.54, 1.807) is 0 Å². The van der Waals surface area contributed by atoms with Crippen molar-refractivity contribution < 1.29 is 4.92 Å². The minimum atomic E-state index is -0.311. The van der Waals surface area contributed by atoms with Gasteiger partial charge in [-0.3, -0.25) is 10.1 Å². The van der Waals surface area contributed by atoms with E-state index in [0.717, 1.165) is 18.4 Å². The molecular weight excluding hydrogens is 238 g/mol. The van der Waals surface area contributed by atoms with Gasteiger partial charge in [0.2, 0.25) is 0 Å². The van der Waals surface area contributed by atoms with Gasteiger partial charge in [-0.2, -0.15) is 0 Å². The standard InChI is InChI=1S/C16H24NO2/c1-2-3-4-5-6-8-13-16(14-17(18)19)15-11-9-7-10-12-15/h7,9-12,14,16H,2-6,8,13H2,1H3. The van der Waals surface area contributed by atoms with E-state index in [4.69, 9.17) is 0 Å². The van der Waals surface area contributed by atoms with Gasteiger partial charge in [-0.15, -0.1) is 0 Å². The number of hydrogen-bond acceptors (Lipinski definition) is 2. The van der Waals surface area contributed by atoms with Crippen LogP contribution in [0.4, 0.5) is 0 Å². The summed E-state index contributed by atoms with van der Waals surface area (Å²) in [6.07, 6.45) is 8.18. The molecule has 1 aromatic rings. The monoisotopic (exact) mass is 262 g/mol. The maximum atomic E-state index is 10.7. The lowest BCUT2D eigenvalue weighted by molar-refractivity contribution is -0.440. The Morgan fingerprint density at radius 3 is 2.37 bits per heavy atom. The molecule has 3 nitrogen and oxygen atoms in total. The molecule has 0 aromatic heterocycles. The Hall–Kier alpha value is -1.38. The van der Waals surface area contributed by atoms with Gasteiger partial charge in [-0.05, 0) is 12.0 Å². The lowest BCUT2D eigenvalue weighted by atomic mass is 9.93. The van der Waals surface area contributed by atoms with Crippen LogP contribution in [0.2, 0.25) is 0 Å². The first-order valence-corrected chi connectivity index (χ1v) is 7.27. The molecule has 105 valence electrons. The normalized spacial score (nSPS) is 12.3. The Morgan fingerprint density at radius 2 is 1.74 bits per heavy atom. The summed E-state index contributed by atoms with van der Waals surface area (Å²) in [7, 11) is 0. The van der Waals surface area contributed by atoms with Gasteiger partial charge in [-0.25, -0.2) is 0 Å². The SMILES string of the molecule is CCCCCCCCC([CH][N+](=O)[O-])c1ccccc1. The molecule has 19 heavy (non-hydrogen) atoms. The van der Waals surface area contributed by atoms with Gasteiger partial charge in [0, 0.05) is 4.92 Å². The number of nitrogens with zero attached hydrogens (tertiary/aromatic N) is 1. The first kappa shape index (κ1) is 15.7. The summed E-state index contributed by atoms with van der Waals surface area (Å²) in [4.78, 5) is 10.4. The van der Waals surface area contributed by atoms with E-state index in [2.05, 4.69) is 6.92 Å². The van der Waals surface area contributed by atoms with Crippen LogP contribution in [0.1, 0.15) is 63.4 Å². The first-order valence-electron chi connectivity index (χ1n) is 7.27. The van der Waals surface area contributed by atoms with Crippen molar-refractivity contribution in [1.29, 1.82) is 0 Å². The number of benzene rings is 1. The van der Waals surface area contributed by atoms with Crippen molar-refractivity contribution in [1.82, 2.24) is 0 Å². The number of unbranched alkanes of at least 4 members (excludes halogenated alkanes) is 5. The Kier molecular flexibility index (Phi) is 7.87. The largest absolute Gasteiger partial charge is 0.286 e. The zero-order valence-electron chi connectivity index (χ0n) is 11.8. The highest BCUT2D eigenvalue weighted by Gasteiger charge is 2.18. The Labute approximate surface area is 116 Å². The van der Waals surface area contributed by atoms with Crippen LogP contribution in [0, 0.1) is 16.7 Å². The molecule has 1 aromatic carbocycles. The fraction of sp³-hybridized carbons (Fsp3) is 0.562.